The Morgan fingerprint density at radius 1 is 0.444 bits per heavy atom. The van der Waals surface area contributed by atoms with Gasteiger partial charge in [-0.2, -0.15) is 35.3 Å². The molecular weight excluding hydrogens is 384 g/mol. The number of hydrogen-bond donors (Lipinski definition) is 0. The molecule has 0 saturated heterocycles. The third-order valence-electron chi connectivity index (χ3n) is 5.63. The van der Waals surface area contributed by atoms with E-state index in [0.717, 1.165) is 15.7 Å². The second-order valence-electron chi connectivity index (χ2n) is 8.37. The summed E-state index contributed by atoms with van der Waals surface area (Å²) < 4.78 is 0. The average Bonchev–Trinajstić information content (AvgIpc) is 2.67. The van der Waals surface area contributed by atoms with Gasteiger partial charge in [-0.25, -0.2) is 0 Å². The molecule has 0 spiro atoms. The van der Waals surface area contributed by atoms with Gasteiger partial charge in [0.25, 0.3) is 0 Å². The monoisotopic (exact) mass is 432 g/mol. The fourth-order valence-corrected chi connectivity index (χ4v) is 8.60. The Kier molecular flexibility index (Phi) is 18.4. The number of hydrogen-bond acceptors (Lipinski definition) is 3. The first-order valence-corrected chi connectivity index (χ1v) is 15.3. The summed E-state index contributed by atoms with van der Waals surface area (Å²) in [5.74, 6) is 4.23. The first kappa shape index (κ1) is 26.1. The van der Waals surface area contributed by atoms with E-state index in [9.17, 15) is 0 Å². The SMILES string of the molecule is CCCCCCSC1CC(SCCCCCC)CC(SCCCCCC)C1. The highest BCUT2D eigenvalue weighted by molar-refractivity contribution is 8.01. The minimum atomic E-state index is 0.946. The summed E-state index contributed by atoms with van der Waals surface area (Å²) in [5.41, 5.74) is 0. The smallest absolute Gasteiger partial charge is 0.00681 e. The molecular formula is C24H48S3. The van der Waals surface area contributed by atoms with E-state index in [1.165, 1.54) is 114 Å². The van der Waals surface area contributed by atoms with Gasteiger partial charge in [-0.3, -0.25) is 0 Å². The minimum Gasteiger partial charge on any atom is -0.159 e. The first-order valence-electron chi connectivity index (χ1n) is 12.1. The van der Waals surface area contributed by atoms with Crippen LogP contribution in [-0.4, -0.2) is 33.0 Å². The van der Waals surface area contributed by atoms with Gasteiger partial charge in [0, 0.05) is 15.7 Å². The maximum atomic E-state index is 2.32. The van der Waals surface area contributed by atoms with Crippen LogP contribution in [0.2, 0.25) is 0 Å². The molecule has 0 aromatic carbocycles. The molecule has 162 valence electrons. The lowest BCUT2D eigenvalue weighted by Gasteiger charge is -2.34. The van der Waals surface area contributed by atoms with Crippen molar-refractivity contribution in [2.24, 2.45) is 0 Å². The molecule has 1 aliphatic carbocycles. The van der Waals surface area contributed by atoms with Crippen molar-refractivity contribution in [3.63, 3.8) is 0 Å². The zero-order valence-electron chi connectivity index (χ0n) is 18.7. The summed E-state index contributed by atoms with van der Waals surface area (Å²) >= 11 is 6.97. The van der Waals surface area contributed by atoms with E-state index in [2.05, 4.69) is 56.1 Å². The van der Waals surface area contributed by atoms with Gasteiger partial charge in [-0.05, 0) is 55.8 Å². The van der Waals surface area contributed by atoms with Crippen LogP contribution in [0.5, 0.6) is 0 Å². The standard InChI is InChI=1S/C24H48S3/c1-4-7-10-13-16-25-22-19-23(26-17-14-11-8-5-2)21-24(20-22)27-18-15-12-9-6-3/h22-24H,4-21H2,1-3H3. The molecule has 0 atom stereocenters. The maximum Gasteiger partial charge on any atom is 0.00681 e. The van der Waals surface area contributed by atoms with Crippen molar-refractivity contribution >= 4 is 35.3 Å². The summed E-state index contributed by atoms with van der Waals surface area (Å²) in [7, 11) is 0. The first-order chi connectivity index (χ1) is 13.3. The van der Waals surface area contributed by atoms with Crippen LogP contribution in [-0.2, 0) is 0 Å². The average molecular weight is 433 g/mol. The van der Waals surface area contributed by atoms with Crippen LogP contribution in [0.15, 0.2) is 0 Å². The van der Waals surface area contributed by atoms with Crippen LogP contribution in [0.4, 0.5) is 0 Å². The van der Waals surface area contributed by atoms with Crippen molar-refractivity contribution in [2.45, 2.75) is 133 Å². The third kappa shape index (κ3) is 14.6. The normalized spacial score (nSPS) is 23.0. The summed E-state index contributed by atoms with van der Waals surface area (Å²) in [4.78, 5) is 0. The molecule has 0 unspecified atom stereocenters. The quantitative estimate of drug-likeness (QED) is 0.198. The van der Waals surface area contributed by atoms with Crippen LogP contribution >= 0.6 is 35.3 Å². The molecule has 0 aromatic heterocycles. The molecule has 0 heterocycles. The Morgan fingerprint density at radius 2 is 0.741 bits per heavy atom. The van der Waals surface area contributed by atoms with Gasteiger partial charge in [0.15, 0.2) is 0 Å². The highest BCUT2D eigenvalue weighted by atomic mass is 32.2. The molecule has 0 aliphatic heterocycles. The summed E-state index contributed by atoms with van der Waals surface area (Å²) in [5, 5.41) is 2.84. The topological polar surface area (TPSA) is 0 Å². The predicted octanol–water partition coefficient (Wildman–Crippen LogP) is 9.22. The van der Waals surface area contributed by atoms with E-state index in [1.807, 2.05) is 0 Å². The number of rotatable bonds is 18. The van der Waals surface area contributed by atoms with E-state index in [0.29, 0.717) is 0 Å². The Balaban J connectivity index is 2.31. The van der Waals surface area contributed by atoms with E-state index >= 15 is 0 Å². The molecule has 1 saturated carbocycles. The fourth-order valence-electron chi connectivity index (χ4n) is 3.91. The molecule has 27 heavy (non-hydrogen) atoms. The highest BCUT2D eigenvalue weighted by Gasteiger charge is 2.29. The molecule has 0 amide bonds. The molecule has 0 bridgehead atoms. The van der Waals surface area contributed by atoms with Crippen LogP contribution in [0, 0.1) is 0 Å². The van der Waals surface area contributed by atoms with Crippen molar-refractivity contribution in [3.05, 3.63) is 0 Å². The zero-order valence-corrected chi connectivity index (χ0v) is 21.1. The Hall–Kier alpha value is 1.05. The molecule has 1 fully saturated rings. The van der Waals surface area contributed by atoms with Crippen molar-refractivity contribution in [1.29, 1.82) is 0 Å². The summed E-state index contributed by atoms with van der Waals surface area (Å²) in [6.07, 6.45) is 21.5. The van der Waals surface area contributed by atoms with Crippen LogP contribution in [0.3, 0.4) is 0 Å². The lowest BCUT2D eigenvalue weighted by atomic mass is 9.99. The van der Waals surface area contributed by atoms with Crippen molar-refractivity contribution in [1.82, 2.24) is 0 Å². The molecule has 0 N–H and O–H groups in total. The second-order valence-corrected chi connectivity index (χ2v) is 12.6. The molecule has 3 heteroatoms. The van der Waals surface area contributed by atoms with Crippen molar-refractivity contribution in [3.8, 4) is 0 Å². The highest BCUT2D eigenvalue weighted by Crippen LogP contribution is 2.40. The molecule has 1 aliphatic rings. The summed E-state index contributed by atoms with van der Waals surface area (Å²) in [6, 6.07) is 0. The van der Waals surface area contributed by atoms with Gasteiger partial charge in [0.05, 0.1) is 0 Å². The van der Waals surface area contributed by atoms with Crippen LogP contribution in [0.25, 0.3) is 0 Å². The van der Waals surface area contributed by atoms with E-state index in [1.54, 1.807) is 0 Å². The van der Waals surface area contributed by atoms with Gasteiger partial charge in [0.2, 0.25) is 0 Å². The molecule has 0 nitrogen and oxygen atoms in total. The third-order valence-corrected chi connectivity index (χ3v) is 9.77. The summed E-state index contributed by atoms with van der Waals surface area (Å²) in [6.45, 7) is 6.96. The molecule has 0 aromatic rings. The van der Waals surface area contributed by atoms with Crippen LogP contribution in [0.1, 0.15) is 117 Å². The van der Waals surface area contributed by atoms with E-state index in [4.69, 9.17) is 0 Å². The van der Waals surface area contributed by atoms with Crippen LogP contribution < -0.4 is 0 Å². The Bertz CT molecular complexity index is 254. The lowest BCUT2D eigenvalue weighted by Crippen LogP contribution is -2.29. The fraction of sp³-hybridized carbons (Fsp3) is 1.00. The van der Waals surface area contributed by atoms with E-state index < -0.39 is 0 Å². The maximum absolute atomic E-state index is 2.32. The molecule has 0 radical (unpaired) electrons. The second kappa shape index (κ2) is 19.0. The zero-order chi connectivity index (χ0) is 19.6. The largest absolute Gasteiger partial charge is 0.159 e. The Morgan fingerprint density at radius 3 is 1.00 bits per heavy atom. The van der Waals surface area contributed by atoms with Gasteiger partial charge in [0.1, 0.15) is 0 Å². The van der Waals surface area contributed by atoms with Gasteiger partial charge >= 0.3 is 0 Å². The van der Waals surface area contributed by atoms with E-state index in [-0.39, 0.29) is 0 Å². The van der Waals surface area contributed by atoms with Gasteiger partial charge in [-0.15, -0.1) is 0 Å². The van der Waals surface area contributed by atoms with Gasteiger partial charge < -0.3 is 0 Å². The lowest BCUT2D eigenvalue weighted by molar-refractivity contribution is 0.538. The van der Waals surface area contributed by atoms with Gasteiger partial charge in [-0.1, -0.05) is 78.6 Å². The van der Waals surface area contributed by atoms with Crippen molar-refractivity contribution in [2.75, 3.05) is 17.3 Å². The Labute approximate surface area is 184 Å². The number of unbranched alkanes of at least 4 members (excludes halogenated alkanes) is 9. The predicted molar refractivity (Wildman–Crippen MR) is 135 cm³/mol. The minimum absolute atomic E-state index is 0.946. The van der Waals surface area contributed by atoms with Crippen molar-refractivity contribution < 1.29 is 0 Å². The number of thioether (sulfide) groups is 3. The molecule has 1 rings (SSSR count).